The monoisotopic (exact) mass is 338 g/mol. The molecule has 0 unspecified atom stereocenters. The second kappa shape index (κ2) is 5.98. The zero-order chi connectivity index (χ0) is 17.6. The Hall–Kier alpha value is -2.70. The molecule has 1 saturated heterocycles. The summed E-state index contributed by atoms with van der Waals surface area (Å²) in [6.45, 7) is 7.51. The van der Waals surface area contributed by atoms with E-state index in [-0.39, 0.29) is 11.9 Å². The van der Waals surface area contributed by atoms with Crippen LogP contribution < -0.4 is 0 Å². The lowest BCUT2D eigenvalue weighted by Crippen LogP contribution is -2.38. The molecule has 1 amide bonds. The summed E-state index contributed by atoms with van der Waals surface area (Å²) in [5.41, 5.74) is 4.34. The van der Waals surface area contributed by atoms with E-state index in [4.69, 9.17) is 0 Å². The number of hydrogen-bond donors (Lipinski definition) is 1. The number of hydrogen-bond acceptors (Lipinski definition) is 4. The maximum Gasteiger partial charge on any atom is 0.255 e. The highest BCUT2D eigenvalue weighted by Gasteiger charge is 2.30. The van der Waals surface area contributed by atoms with E-state index in [2.05, 4.69) is 33.3 Å². The van der Waals surface area contributed by atoms with E-state index in [1.807, 2.05) is 29.5 Å². The van der Waals surface area contributed by atoms with Gasteiger partial charge in [-0.1, -0.05) is 0 Å². The van der Waals surface area contributed by atoms with Crippen LogP contribution in [0.4, 0.5) is 0 Å². The van der Waals surface area contributed by atoms with Crippen LogP contribution in [0, 0.1) is 20.8 Å². The van der Waals surface area contributed by atoms with Crippen molar-refractivity contribution in [2.45, 2.75) is 46.2 Å². The lowest BCUT2D eigenvalue weighted by Gasteiger charge is -2.25. The smallest absolute Gasteiger partial charge is 0.255 e. The summed E-state index contributed by atoms with van der Waals surface area (Å²) >= 11 is 0. The minimum Gasteiger partial charge on any atom is -0.334 e. The van der Waals surface area contributed by atoms with Crippen molar-refractivity contribution >= 4 is 16.9 Å². The Morgan fingerprint density at radius 2 is 2.16 bits per heavy atom. The molecule has 0 radical (unpaired) electrons. The summed E-state index contributed by atoms with van der Waals surface area (Å²) in [4.78, 5) is 19.3. The van der Waals surface area contributed by atoms with Gasteiger partial charge in [0.25, 0.3) is 5.91 Å². The van der Waals surface area contributed by atoms with Crippen LogP contribution >= 0.6 is 0 Å². The molecule has 7 nitrogen and oxygen atoms in total. The zero-order valence-electron chi connectivity index (χ0n) is 14.8. The van der Waals surface area contributed by atoms with Crippen LogP contribution in [0.3, 0.4) is 0 Å². The van der Waals surface area contributed by atoms with E-state index in [1.165, 1.54) is 0 Å². The first-order chi connectivity index (χ1) is 12.0. The summed E-state index contributed by atoms with van der Waals surface area (Å²) in [6.07, 6.45) is 3.66. The number of likely N-dealkylation sites (tertiary alicyclic amines) is 1. The Labute approximate surface area is 146 Å². The predicted octanol–water partition coefficient (Wildman–Crippen LogP) is 2.38. The number of aromatic amines is 1. The standard InChI is InChI=1S/C18H22N6O/c1-11-7-12(2)24(22-11)10-15-5-4-6-23(15)18(25)14-8-16-13(3)20-21-17(16)19-9-14/h7-9,15H,4-6,10H2,1-3H3,(H,19,20,21)/t15-/m1/s1. The topological polar surface area (TPSA) is 79.7 Å². The zero-order valence-corrected chi connectivity index (χ0v) is 14.8. The lowest BCUT2D eigenvalue weighted by atomic mass is 10.1. The first kappa shape index (κ1) is 15.8. The molecule has 1 fully saturated rings. The maximum atomic E-state index is 13.0. The number of pyridine rings is 1. The second-order valence-electron chi connectivity index (χ2n) is 6.85. The number of nitrogens with one attached hydrogen (secondary N) is 1. The van der Waals surface area contributed by atoms with Gasteiger partial charge < -0.3 is 4.90 Å². The Bertz CT molecular complexity index is 940. The summed E-state index contributed by atoms with van der Waals surface area (Å²) in [6, 6.07) is 4.13. The SMILES string of the molecule is Cc1cc(C)n(C[C@H]2CCCN2C(=O)c2cnc3n[nH]c(C)c3c2)n1. The Balaban J connectivity index is 1.59. The molecule has 7 heteroatoms. The number of carbonyl (C=O) groups excluding carboxylic acids is 1. The van der Waals surface area contributed by atoms with Crippen LogP contribution in [0.5, 0.6) is 0 Å². The number of carbonyl (C=O) groups is 1. The molecular weight excluding hydrogens is 316 g/mol. The quantitative estimate of drug-likeness (QED) is 0.795. The highest BCUT2D eigenvalue weighted by molar-refractivity contribution is 5.97. The Morgan fingerprint density at radius 1 is 1.32 bits per heavy atom. The van der Waals surface area contributed by atoms with Crippen molar-refractivity contribution in [3.63, 3.8) is 0 Å². The summed E-state index contributed by atoms with van der Waals surface area (Å²) < 4.78 is 2.01. The number of fused-ring (bicyclic) bond motifs is 1. The molecule has 4 heterocycles. The molecule has 0 aromatic carbocycles. The molecule has 1 aliphatic rings. The van der Waals surface area contributed by atoms with E-state index >= 15 is 0 Å². The summed E-state index contributed by atoms with van der Waals surface area (Å²) in [5, 5.41) is 12.5. The Morgan fingerprint density at radius 3 is 2.92 bits per heavy atom. The van der Waals surface area contributed by atoms with Gasteiger partial charge in [0.05, 0.1) is 23.8 Å². The number of rotatable bonds is 3. The molecule has 1 atom stereocenters. The molecular formula is C18H22N6O. The van der Waals surface area contributed by atoms with E-state index in [0.29, 0.717) is 11.2 Å². The fourth-order valence-corrected chi connectivity index (χ4v) is 3.65. The van der Waals surface area contributed by atoms with Crippen molar-refractivity contribution < 1.29 is 4.79 Å². The van der Waals surface area contributed by atoms with Crippen molar-refractivity contribution in [3.05, 3.63) is 41.0 Å². The summed E-state index contributed by atoms with van der Waals surface area (Å²) in [7, 11) is 0. The normalized spacial score (nSPS) is 17.6. The molecule has 4 rings (SSSR count). The van der Waals surface area contributed by atoms with Gasteiger partial charge in [0, 0.05) is 29.5 Å². The van der Waals surface area contributed by atoms with Gasteiger partial charge in [0.2, 0.25) is 0 Å². The maximum absolute atomic E-state index is 13.0. The summed E-state index contributed by atoms with van der Waals surface area (Å²) in [5.74, 6) is 0.0408. The number of amides is 1. The van der Waals surface area contributed by atoms with Crippen LogP contribution in [-0.4, -0.2) is 48.4 Å². The van der Waals surface area contributed by atoms with Crippen molar-refractivity contribution in [1.82, 2.24) is 29.9 Å². The van der Waals surface area contributed by atoms with Crippen LogP contribution in [0.25, 0.3) is 11.0 Å². The largest absolute Gasteiger partial charge is 0.334 e. The number of nitrogens with zero attached hydrogens (tertiary/aromatic N) is 5. The van der Waals surface area contributed by atoms with E-state index < -0.39 is 0 Å². The van der Waals surface area contributed by atoms with E-state index in [1.54, 1.807) is 6.20 Å². The van der Waals surface area contributed by atoms with Gasteiger partial charge >= 0.3 is 0 Å². The average molecular weight is 338 g/mol. The van der Waals surface area contributed by atoms with E-state index in [9.17, 15) is 4.79 Å². The Kier molecular flexibility index (Phi) is 3.78. The fourth-order valence-electron chi connectivity index (χ4n) is 3.65. The first-order valence-corrected chi connectivity index (χ1v) is 8.65. The number of H-pyrrole nitrogens is 1. The predicted molar refractivity (Wildman–Crippen MR) is 94.4 cm³/mol. The van der Waals surface area contributed by atoms with Crippen molar-refractivity contribution in [1.29, 1.82) is 0 Å². The van der Waals surface area contributed by atoms with Crippen molar-refractivity contribution in [3.8, 4) is 0 Å². The van der Waals surface area contributed by atoms with Gasteiger partial charge in [-0.15, -0.1) is 0 Å². The fraction of sp³-hybridized carbons (Fsp3) is 0.444. The average Bonchev–Trinajstić information content (AvgIpc) is 3.28. The van der Waals surface area contributed by atoms with Crippen LogP contribution in [0.15, 0.2) is 18.3 Å². The lowest BCUT2D eigenvalue weighted by molar-refractivity contribution is 0.0721. The van der Waals surface area contributed by atoms with Gasteiger partial charge in [0.15, 0.2) is 5.65 Å². The number of aromatic nitrogens is 5. The molecule has 1 N–H and O–H groups in total. The molecule has 0 aliphatic carbocycles. The number of aryl methyl sites for hydroxylation is 3. The second-order valence-corrected chi connectivity index (χ2v) is 6.85. The highest BCUT2D eigenvalue weighted by Crippen LogP contribution is 2.23. The molecule has 0 saturated carbocycles. The third-order valence-electron chi connectivity index (χ3n) is 4.97. The minimum atomic E-state index is 0.0408. The molecule has 130 valence electrons. The third kappa shape index (κ3) is 2.79. The van der Waals surface area contributed by atoms with Crippen molar-refractivity contribution in [2.24, 2.45) is 0 Å². The molecule has 0 bridgehead atoms. The van der Waals surface area contributed by atoms with Gasteiger partial charge in [-0.25, -0.2) is 4.98 Å². The molecule has 0 spiro atoms. The molecule has 3 aromatic rings. The highest BCUT2D eigenvalue weighted by atomic mass is 16.2. The van der Waals surface area contributed by atoms with Crippen molar-refractivity contribution in [2.75, 3.05) is 6.54 Å². The molecule has 3 aromatic heterocycles. The third-order valence-corrected chi connectivity index (χ3v) is 4.97. The van der Waals surface area contributed by atoms with Crippen LogP contribution in [0.1, 0.15) is 40.3 Å². The van der Waals surface area contributed by atoms with Crippen LogP contribution in [0.2, 0.25) is 0 Å². The molecule has 1 aliphatic heterocycles. The first-order valence-electron chi connectivity index (χ1n) is 8.65. The van der Waals surface area contributed by atoms with Crippen LogP contribution in [-0.2, 0) is 6.54 Å². The van der Waals surface area contributed by atoms with E-state index in [0.717, 1.165) is 48.4 Å². The van der Waals surface area contributed by atoms with Gasteiger partial charge in [0.1, 0.15) is 0 Å². The van der Waals surface area contributed by atoms with Gasteiger partial charge in [-0.05, 0) is 45.7 Å². The minimum absolute atomic E-state index is 0.0408. The molecule has 25 heavy (non-hydrogen) atoms. The van der Waals surface area contributed by atoms with Gasteiger partial charge in [-0.3, -0.25) is 14.6 Å². The van der Waals surface area contributed by atoms with Gasteiger partial charge in [-0.2, -0.15) is 10.2 Å².